The van der Waals surface area contributed by atoms with E-state index in [0.717, 1.165) is 86.0 Å². The second-order valence-electron chi connectivity index (χ2n) is 11.5. The van der Waals surface area contributed by atoms with Crippen molar-refractivity contribution in [2.24, 2.45) is 0 Å². The van der Waals surface area contributed by atoms with Crippen LogP contribution in [0.2, 0.25) is 0 Å². The number of hydrogen-bond donors (Lipinski definition) is 2. The van der Waals surface area contributed by atoms with E-state index in [1.807, 2.05) is 41.3 Å². The van der Waals surface area contributed by atoms with Crippen LogP contribution in [-0.2, 0) is 0 Å². The monoisotopic (exact) mass is 569 g/mol. The molecule has 2 aliphatic heterocycles. The number of para-hydroxylation sites is 2. The molecule has 2 heterocycles. The van der Waals surface area contributed by atoms with Gasteiger partial charge in [-0.15, -0.1) is 0 Å². The lowest BCUT2D eigenvalue weighted by atomic mass is 10.0. The van der Waals surface area contributed by atoms with E-state index in [1.54, 1.807) is 0 Å². The van der Waals surface area contributed by atoms with Crippen LogP contribution in [0.3, 0.4) is 0 Å². The summed E-state index contributed by atoms with van der Waals surface area (Å²) in [5.41, 5.74) is 5.76. The van der Waals surface area contributed by atoms with Crippen molar-refractivity contribution in [2.45, 2.75) is 46.1 Å². The molecule has 3 aromatic rings. The summed E-state index contributed by atoms with van der Waals surface area (Å²) in [5, 5.41) is 6.92. The summed E-state index contributed by atoms with van der Waals surface area (Å²) < 4.78 is 6.47. The maximum atomic E-state index is 14.0. The standard InChI is InChI=1S/C35H47N5O2/c1-4-18-38-21-23-39(24-22-38)19-8-25-42-34-26-29(13-16-31(34)28-11-14-30(15-12-28)36-5-2)35(41)40-20-17-27(3)37-32-9-6-7-10-33(32)40/h6-7,9-16,26-27,36-37H,4-5,8,17-25H2,1-3H3/t27-/m0/s1. The van der Waals surface area contributed by atoms with Gasteiger partial charge < -0.3 is 30.1 Å². The molecule has 0 aliphatic carbocycles. The fourth-order valence-corrected chi connectivity index (χ4v) is 5.99. The van der Waals surface area contributed by atoms with Gasteiger partial charge in [0.1, 0.15) is 5.75 Å². The van der Waals surface area contributed by atoms with Crippen LogP contribution in [0, 0.1) is 0 Å². The number of carbonyl (C=O) groups is 1. The van der Waals surface area contributed by atoms with Gasteiger partial charge in [-0.3, -0.25) is 4.79 Å². The summed E-state index contributed by atoms with van der Waals surface area (Å²) in [6.45, 7) is 15.5. The highest BCUT2D eigenvalue weighted by molar-refractivity contribution is 6.08. The molecule has 1 atom stereocenters. The number of nitrogens with one attached hydrogen (secondary N) is 2. The van der Waals surface area contributed by atoms with Crippen molar-refractivity contribution in [1.82, 2.24) is 9.80 Å². The Morgan fingerprint density at radius 3 is 2.40 bits per heavy atom. The lowest BCUT2D eigenvalue weighted by Crippen LogP contribution is -2.46. The van der Waals surface area contributed by atoms with Crippen molar-refractivity contribution in [2.75, 3.05) is 74.5 Å². The molecule has 3 aromatic carbocycles. The molecule has 2 N–H and O–H groups in total. The fourth-order valence-electron chi connectivity index (χ4n) is 5.99. The number of anilines is 3. The lowest BCUT2D eigenvalue weighted by molar-refractivity contribution is 0.0986. The molecule has 2 aliphatic rings. The molecule has 7 heteroatoms. The minimum Gasteiger partial charge on any atom is -0.493 e. The zero-order valence-corrected chi connectivity index (χ0v) is 25.6. The summed E-state index contributed by atoms with van der Waals surface area (Å²) in [6.07, 6.45) is 3.05. The van der Waals surface area contributed by atoms with Gasteiger partial charge in [-0.05, 0) is 87.7 Å². The molecule has 224 valence electrons. The average Bonchev–Trinajstić information content (AvgIpc) is 3.18. The van der Waals surface area contributed by atoms with E-state index >= 15 is 0 Å². The van der Waals surface area contributed by atoms with E-state index < -0.39 is 0 Å². The van der Waals surface area contributed by atoms with Crippen LogP contribution in [-0.4, -0.2) is 80.7 Å². The zero-order valence-electron chi connectivity index (χ0n) is 25.6. The van der Waals surface area contributed by atoms with Crippen molar-refractivity contribution in [1.29, 1.82) is 0 Å². The number of nitrogens with zero attached hydrogens (tertiary/aromatic N) is 3. The minimum atomic E-state index is 0.00203. The van der Waals surface area contributed by atoms with Crippen molar-refractivity contribution in [3.05, 3.63) is 72.3 Å². The highest BCUT2D eigenvalue weighted by Crippen LogP contribution is 2.35. The van der Waals surface area contributed by atoms with Crippen LogP contribution < -0.4 is 20.3 Å². The van der Waals surface area contributed by atoms with Gasteiger partial charge in [0.15, 0.2) is 0 Å². The van der Waals surface area contributed by atoms with E-state index in [1.165, 1.54) is 13.0 Å². The Labute approximate surface area is 251 Å². The Bertz CT molecular complexity index is 1300. The highest BCUT2D eigenvalue weighted by atomic mass is 16.5. The van der Waals surface area contributed by atoms with Gasteiger partial charge in [0.05, 0.1) is 18.0 Å². The predicted octanol–water partition coefficient (Wildman–Crippen LogP) is 6.43. The number of hydrogen-bond acceptors (Lipinski definition) is 6. The molecule has 0 spiro atoms. The molecule has 0 saturated carbocycles. The largest absolute Gasteiger partial charge is 0.493 e. The number of carbonyl (C=O) groups excluding carboxylic acids is 1. The van der Waals surface area contributed by atoms with Gasteiger partial charge in [-0.2, -0.15) is 0 Å². The smallest absolute Gasteiger partial charge is 0.258 e. The third-order valence-corrected chi connectivity index (χ3v) is 8.31. The maximum Gasteiger partial charge on any atom is 0.258 e. The molecule has 1 saturated heterocycles. The number of benzene rings is 3. The van der Waals surface area contributed by atoms with E-state index in [-0.39, 0.29) is 5.91 Å². The van der Waals surface area contributed by atoms with Crippen LogP contribution in [0.5, 0.6) is 5.75 Å². The van der Waals surface area contributed by atoms with Crippen LogP contribution in [0.4, 0.5) is 17.1 Å². The molecule has 1 fully saturated rings. The Kier molecular flexibility index (Phi) is 10.4. The van der Waals surface area contributed by atoms with Crippen LogP contribution in [0.15, 0.2) is 66.7 Å². The number of piperazine rings is 1. The van der Waals surface area contributed by atoms with Crippen molar-refractivity contribution >= 4 is 23.0 Å². The third kappa shape index (κ3) is 7.44. The molecular weight excluding hydrogens is 522 g/mol. The first-order valence-corrected chi connectivity index (χ1v) is 15.8. The number of fused-ring (bicyclic) bond motifs is 1. The molecule has 0 radical (unpaired) electrons. The normalized spacial score (nSPS) is 17.7. The molecule has 1 amide bonds. The summed E-state index contributed by atoms with van der Waals surface area (Å²) in [6, 6.07) is 22.8. The molecule has 5 rings (SSSR count). The second kappa shape index (κ2) is 14.6. The second-order valence-corrected chi connectivity index (χ2v) is 11.5. The SMILES string of the molecule is CCCN1CCN(CCCOc2cc(C(=O)N3CC[C@H](C)Nc4ccccc43)ccc2-c2ccc(NCC)cc2)CC1. The highest BCUT2D eigenvalue weighted by Gasteiger charge is 2.25. The zero-order chi connectivity index (χ0) is 29.3. The predicted molar refractivity (Wildman–Crippen MR) is 175 cm³/mol. The Morgan fingerprint density at radius 2 is 1.67 bits per heavy atom. The molecule has 0 aromatic heterocycles. The first-order valence-electron chi connectivity index (χ1n) is 15.8. The molecule has 0 unspecified atom stereocenters. The van der Waals surface area contributed by atoms with E-state index in [9.17, 15) is 4.79 Å². The first-order chi connectivity index (χ1) is 20.6. The van der Waals surface area contributed by atoms with Gasteiger partial charge in [0.25, 0.3) is 5.91 Å². The van der Waals surface area contributed by atoms with Crippen molar-refractivity contribution < 1.29 is 9.53 Å². The topological polar surface area (TPSA) is 60.1 Å². The van der Waals surface area contributed by atoms with Gasteiger partial charge >= 0.3 is 0 Å². The Morgan fingerprint density at radius 1 is 0.929 bits per heavy atom. The van der Waals surface area contributed by atoms with E-state index in [0.29, 0.717) is 24.8 Å². The maximum absolute atomic E-state index is 14.0. The summed E-state index contributed by atoms with van der Waals surface area (Å²) >= 11 is 0. The van der Waals surface area contributed by atoms with Crippen molar-refractivity contribution in [3.8, 4) is 16.9 Å². The Hall–Kier alpha value is -3.55. The van der Waals surface area contributed by atoms with Crippen LogP contribution >= 0.6 is 0 Å². The third-order valence-electron chi connectivity index (χ3n) is 8.31. The number of rotatable bonds is 11. The van der Waals surface area contributed by atoms with Gasteiger partial charge in [0, 0.05) is 68.7 Å². The molecule has 0 bridgehead atoms. The quantitative estimate of drug-likeness (QED) is 0.260. The number of ether oxygens (including phenoxy) is 1. The van der Waals surface area contributed by atoms with E-state index in [4.69, 9.17) is 4.74 Å². The minimum absolute atomic E-state index is 0.00203. The summed E-state index contributed by atoms with van der Waals surface area (Å²) in [4.78, 5) is 21.0. The van der Waals surface area contributed by atoms with Gasteiger partial charge in [0.2, 0.25) is 0 Å². The molecular formula is C35H47N5O2. The van der Waals surface area contributed by atoms with E-state index in [2.05, 4.69) is 71.5 Å². The number of amides is 1. The molecule has 42 heavy (non-hydrogen) atoms. The van der Waals surface area contributed by atoms with Crippen LogP contribution in [0.25, 0.3) is 11.1 Å². The van der Waals surface area contributed by atoms with Gasteiger partial charge in [-0.1, -0.05) is 31.2 Å². The van der Waals surface area contributed by atoms with Gasteiger partial charge in [-0.25, -0.2) is 0 Å². The Balaban J connectivity index is 1.33. The fraction of sp³-hybridized carbons (Fsp3) is 0.457. The summed E-state index contributed by atoms with van der Waals surface area (Å²) in [7, 11) is 0. The van der Waals surface area contributed by atoms with Crippen molar-refractivity contribution in [3.63, 3.8) is 0 Å². The molecule has 7 nitrogen and oxygen atoms in total. The summed E-state index contributed by atoms with van der Waals surface area (Å²) in [5.74, 6) is 0.765. The lowest BCUT2D eigenvalue weighted by Gasteiger charge is -2.34. The van der Waals surface area contributed by atoms with Crippen LogP contribution in [0.1, 0.15) is 50.4 Å². The average molecular weight is 570 g/mol. The first kappa shape index (κ1) is 29.9.